The fourth-order valence-corrected chi connectivity index (χ4v) is 4.70. The molecule has 1 fully saturated rings. The first kappa shape index (κ1) is 20.9. The van der Waals surface area contributed by atoms with Crippen molar-refractivity contribution in [1.29, 1.82) is 0 Å². The van der Waals surface area contributed by atoms with Crippen LogP contribution in [-0.4, -0.2) is 63.8 Å². The van der Waals surface area contributed by atoms with E-state index < -0.39 is 29.7 Å². The molecule has 0 bridgehead atoms. The van der Waals surface area contributed by atoms with Crippen LogP contribution in [0, 0.1) is 6.92 Å². The minimum absolute atomic E-state index is 0.0503. The number of nitrogens with one attached hydrogen (secondary N) is 3. The molecule has 1 atom stereocenters. The molecule has 0 saturated carbocycles. The Kier molecular flexibility index (Phi) is 4.95. The Morgan fingerprint density at radius 3 is 2.79 bits per heavy atom. The van der Waals surface area contributed by atoms with Crippen molar-refractivity contribution in [3.63, 3.8) is 0 Å². The van der Waals surface area contributed by atoms with Gasteiger partial charge in [-0.1, -0.05) is 6.07 Å². The molecule has 3 aliphatic rings. The maximum atomic E-state index is 13.2. The molecule has 11 heteroatoms. The number of aromatic nitrogens is 2. The van der Waals surface area contributed by atoms with E-state index in [1.807, 2.05) is 6.92 Å². The number of aryl methyl sites for hydroxylation is 2. The van der Waals surface area contributed by atoms with Crippen LogP contribution in [0.4, 0.5) is 11.4 Å². The zero-order valence-electron chi connectivity index (χ0n) is 17.9. The highest BCUT2D eigenvalue weighted by atomic mass is 16.2. The molecular weight excluding hydrogens is 428 g/mol. The number of hydrogen-bond acceptors (Lipinski definition) is 7. The van der Waals surface area contributed by atoms with Crippen LogP contribution in [-0.2, 0) is 20.8 Å². The summed E-state index contributed by atoms with van der Waals surface area (Å²) >= 11 is 0. The average Bonchev–Trinajstić information content (AvgIpc) is 3.30. The normalized spacial score (nSPS) is 20.0. The maximum Gasteiger partial charge on any atom is 0.264 e. The van der Waals surface area contributed by atoms with Crippen molar-refractivity contribution in [2.45, 2.75) is 38.6 Å². The number of aromatic amines is 1. The van der Waals surface area contributed by atoms with Gasteiger partial charge in [0.25, 0.3) is 11.8 Å². The van der Waals surface area contributed by atoms with Crippen molar-refractivity contribution in [3.8, 4) is 0 Å². The summed E-state index contributed by atoms with van der Waals surface area (Å²) in [5.74, 6) is -2.48. The number of carbonyl (C=O) groups excluding carboxylic acids is 5. The Morgan fingerprint density at radius 2 is 2.00 bits per heavy atom. The van der Waals surface area contributed by atoms with Gasteiger partial charge in [0.2, 0.25) is 17.7 Å². The molecular formula is C22H22N6O5. The van der Waals surface area contributed by atoms with Gasteiger partial charge in [0, 0.05) is 18.7 Å². The van der Waals surface area contributed by atoms with Crippen LogP contribution in [0.25, 0.3) is 0 Å². The number of carbonyl (C=O) groups is 5. The molecule has 0 radical (unpaired) electrons. The van der Waals surface area contributed by atoms with Gasteiger partial charge in [0.15, 0.2) is 0 Å². The van der Waals surface area contributed by atoms with Crippen molar-refractivity contribution in [1.82, 2.24) is 20.4 Å². The van der Waals surface area contributed by atoms with E-state index in [9.17, 15) is 24.0 Å². The van der Waals surface area contributed by atoms with Crippen LogP contribution < -0.4 is 15.5 Å². The molecule has 170 valence electrons. The van der Waals surface area contributed by atoms with Gasteiger partial charge in [-0.3, -0.25) is 39.3 Å². The van der Waals surface area contributed by atoms with Crippen molar-refractivity contribution >= 4 is 40.9 Å². The zero-order valence-corrected chi connectivity index (χ0v) is 17.9. The lowest BCUT2D eigenvalue weighted by atomic mass is 10.0. The first-order valence-corrected chi connectivity index (χ1v) is 10.8. The highest BCUT2D eigenvalue weighted by molar-refractivity contribution is 6.25. The van der Waals surface area contributed by atoms with Gasteiger partial charge in [0.1, 0.15) is 6.04 Å². The molecule has 1 aromatic heterocycles. The number of imide groups is 2. The van der Waals surface area contributed by atoms with Gasteiger partial charge in [-0.25, -0.2) is 0 Å². The van der Waals surface area contributed by atoms with Crippen LogP contribution in [0.15, 0.2) is 18.2 Å². The summed E-state index contributed by atoms with van der Waals surface area (Å²) in [7, 11) is 0. The summed E-state index contributed by atoms with van der Waals surface area (Å²) in [5.41, 5.74) is 3.09. The third kappa shape index (κ3) is 3.36. The van der Waals surface area contributed by atoms with E-state index in [0.29, 0.717) is 12.2 Å². The summed E-state index contributed by atoms with van der Waals surface area (Å²) < 4.78 is 0. The smallest absolute Gasteiger partial charge is 0.264 e. The summed E-state index contributed by atoms with van der Waals surface area (Å²) in [5, 5.41) is 12.4. The van der Waals surface area contributed by atoms with Gasteiger partial charge >= 0.3 is 0 Å². The van der Waals surface area contributed by atoms with Crippen LogP contribution in [0.5, 0.6) is 0 Å². The molecule has 5 amide bonds. The second kappa shape index (κ2) is 7.84. The first-order chi connectivity index (χ1) is 15.9. The van der Waals surface area contributed by atoms with E-state index in [0.717, 1.165) is 34.8 Å². The van der Waals surface area contributed by atoms with Crippen LogP contribution >= 0.6 is 0 Å². The number of H-pyrrole nitrogens is 1. The van der Waals surface area contributed by atoms with Gasteiger partial charge in [-0.05, 0) is 38.3 Å². The van der Waals surface area contributed by atoms with Gasteiger partial charge in [-0.2, -0.15) is 5.10 Å². The molecule has 0 spiro atoms. The topological polar surface area (TPSA) is 145 Å². The predicted molar refractivity (Wildman–Crippen MR) is 116 cm³/mol. The number of nitrogens with zero attached hydrogens (tertiary/aromatic N) is 3. The van der Waals surface area contributed by atoms with Crippen molar-refractivity contribution in [2.24, 2.45) is 0 Å². The minimum Gasteiger partial charge on any atom is -0.375 e. The number of hydrogen-bond donors (Lipinski definition) is 3. The highest BCUT2D eigenvalue weighted by Gasteiger charge is 2.45. The monoisotopic (exact) mass is 450 g/mol. The molecule has 3 aliphatic heterocycles. The molecule has 1 aromatic carbocycles. The fourth-order valence-electron chi connectivity index (χ4n) is 4.70. The van der Waals surface area contributed by atoms with Crippen LogP contribution in [0.1, 0.15) is 51.4 Å². The van der Waals surface area contributed by atoms with E-state index in [-0.39, 0.29) is 36.4 Å². The standard InChI is InChI=1S/C22H22N6O5/c1-11-19-14(26-25-11)6-3-9-27(19)17(30)10-23-13-5-2-4-12-18(13)22(33)28(21(12)32)15-7-8-16(29)24-20(15)31/h2,4-5,15,23H,3,6-10H2,1H3,(H,25,26)(H,24,29,31). The van der Waals surface area contributed by atoms with Crippen LogP contribution in [0.2, 0.25) is 0 Å². The van der Waals surface area contributed by atoms with Crippen LogP contribution in [0.3, 0.4) is 0 Å². The number of fused-ring (bicyclic) bond motifs is 2. The number of amides is 5. The molecule has 11 nitrogen and oxygen atoms in total. The molecule has 0 aliphatic carbocycles. The Hall–Kier alpha value is -4.02. The third-order valence-electron chi connectivity index (χ3n) is 6.25. The largest absolute Gasteiger partial charge is 0.375 e. The summed E-state index contributed by atoms with van der Waals surface area (Å²) in [6, 6.07) is 3.71. The van der Waals surface area contributed by atoms with E-state index in [2.05, 4.69) is 20.8 Å². The van der Waals surface area contributed by atoms with Gasteiger partial charge < -0.3 is 10.2 Å². The number of anilines is 2. The summed E-state index contributed by atoms with van der Waals surface area (Å²) in [6.45, 7) is 2.35. The summed E-state index contributed by atoms with van der Waals surface area (Å²) in [4.78, 5) is 65.4. The van der Waals surface area contributed by atoms with E-state index in [1.54, 1.807) is 17.0 Å². The van der Waals surface area contributed by atoms with E-state index in [1.165, 1.54) is 6.07 Å². The van der Waals surface area contributed by atoms with Gasteiger partial charge in [0.05, 0.1) is 34.7 Å². The predicted octanol–water partition coefficient (Wildman–Crippen LogP) is 0.511. The molecule has 4 heterocycles. The fraction of sp³-hybridized carbons (Fsp3) is 0.364. The molecule has 33 heavy (non-hydrogen) atoms. The molecule has 1 unspecified atom stereocenters. The van der Waals surface area contributed by atoms with Crippen molar-refractivity contribution < 1.29 is 24.0 Å². The first-order valence-electron chi connectivity index (χ1n) is 10.8. The summed E-state index contributed by atoms with van der Waals surface area (Å²) in [6.07, 6.45) is 1.74. The highest BCUT2D eigenvalue weighted by Crippen LogP contribution is 2.33. The Morgan fingerprint density at radius 1 is 1.18 bits per heavy atom. The quantitative estimate of drug-likeness (QED) is 0.576. The lowest BCUT2D eigenvalue weighted by Crippen LogP contribution is -2.54. The van der Waals surface area contributed by atoms with E-state index in [4.69, 9.17) is 0 Å². The molecule has 1 saturated heterocycles. The van der Waals surface area contributed by atoms with Crippen molar-refractivity contribution in [2.75, 3.05) is 23.3 Å². The number of benzene rings is 1. The molecule has 3 N–H and O–H groups in total. The SMILES string of the molecule is Cc1[nH]nc2c1N(C(=O)CNc1cccc3c1C(=O)N(C1CCC(=O)NC1=O)C3=O)CCC2. The Balaban J connectivity index is 1.36. The third-order valence-corrected chi connectivity index (χ3v) is 6.25. The van der Waals surface area contributed by atoms with E-state index >= 15 is 0 Å². The maximum absolute atomic E-state index is 13.2. The Labute approximate surface area is 188 Å². The lowest BCUT2D eigenvalue weighted by molar-refractivity contribution is -0.136. The average molecular weight is 450 g/mol. The number of piperidine rings is 1. The lowest BCUT2D eigenvalue weighted by Gasteiger charge is -2.28. The zero-order chi connectivity index (χ0) is 23.3. The Bertz CT molecular complexity index is 1220. The second-order valence-electron chi connectivity index (χ2n) is 8.32. The van der Waals surface area contributed by atoms with Crippen molar-refractivity contribution in [3.05, 3.63) is 40.7 Å². The number of rotatable bonds is 4. The molecule has 2 aromatic rings. The van der Waals surface area contributed by atoms with Gasteiger partial charge in [-0.15, -0.1) is 0 Å². The second-order valence-corrected chi connectivity index (χ2v) is 8.32. The minimum atomic E-state index is -1.04. The molecule has 5 rings (SSSR count).